The highest BCUT2D eigenvalue weighted by atomic mass is 35.5. The van der Waals surface area contributed by atoms with Crippen LogP contribution in [0.25, 0.3) is 27.8 Å². The van der Waals surface area contributed by atoms with Crippen LogP contribution in [0.15, 0.2) is 61.1 Å². The third-order valence-corrected chi connectivity index (χ3v) is 6.67. The minimum absolute atomic E-state index is 0.0182. The lowest BCUT2D eigenvalue weighted by Crippen LogP contribution is -2.13. The fourth-order valence-electron chi connectivity index (χ4n) is 4.21. The molecule has 1 aliphatic rings. The number of hydrogen-bond acceptors (Lipinski definition) is 6. The molecule has 0 saturated heterocycles. The van der Waals surface area contributed by atoms with Crippen molar-refractivity contribution in [1.29, 1.82) is 5.26 Å². The molecule has 1 aliphatic carbocycles. The summed E-state index contributed by atoms with van der Waals surface area (Å²) in [5.74, 6) is 0.393. The van der Waals surface area contributed by atoms with E-state index in [9.17, 15) is 9.65 Å². The fourth-order valence-corrected chi connectivity index (χ4v) is 4.37. The van der Waals surface area contributed by atoms with Crippen molar-refractivity contribution in [3.8, 4) is 17.2 Å². The van der Waals surface area contributed by atoms with E-state index in [2.05, 4.69) is 26.2 Å². The fraction of sp³-hybridized carbons (Fsp3) is 0.160. The quantitative estimate of drug-likeness (QED) is 0.348. The predicted molar refractivity (Wildman–Crippen MR) is 128 cm³/mol. The summed E-state index contributed by atoms with van der Waals surface area (Å²) in [5.41, 5.74) is 3.83. The van der Waals surface area contributed by atoms with Crippen LogP contribution in [0.5, 0.6) is 0 Å². The van der Waals surface area contributed by atoms with Crippen molar-refractivity contribution >= 4 is 39.8 Å². The van der Waals surface area contributed by atoms with Gasteiger partial charge >= 0.3 is 0 Å². The summed E-state index contributed by atoms with van der Waals surface area (Å²) in [4.78, 5) is 11.1. The van der Waals surface area contributed by atoms with Crippen molar-refractivity contribution < 1.29 is 4.39 Å². The molecule has 3 heterocycles. The summed E-state index contributed by atoms with van der Waals surface area (Å²) < 4.78 is 16.1. The number of pyridine rings is 1. The largest absolute Gasteiger partial charge is 0.329 e. The third kappa shape index (κ3) is 3.17. The van der Waals surface area contributed by atoms with E-state index in [0.29, 0.717) is 22.5 Å². The summed E-state index contributed by atoms with van der Waals surface area (Å²) >= 11 is 6.06. The summed E-state index contributed by atoms with van der Waals surface area (Å²) in [7, 11) is 1.87. The van der Waals surface area contributed by atoms with E-state index in [4.69, 9.17) is 11.6 Å². The Labute approximate surface area is 199 Å². The van der Waals surface area contributed by atoms with Crippen molar-refractivity contribution in [2.24, 2.45) is 0 Å². The van der Waals surface area contributed by atoms with E-state index in [0.717, 1.165) is 35.3 Å². The number of benzene rings is 2. The Kier molecular flexibility index (Phi) is 4.51. The Bertz CT molecular complexity index is 1620. The first kappa shape index (κ1) is 20.5. The highest BCUT2D eigenvalue weighted by Gasteiger charge is 2.46. The molecule has 166 valence electrons. The van der Waals surface area contributed by atoms with Gasteiger partial charge in [-0.05, 0) is 48.7 Å². The molecule has 3 aromatic heterocycles. The zero-order chi connectivity index (χ0) is 23.4. The Morgan fingerprint density at radius 3 is 2.74 bits per heavy atom. The number of anilines is 2. The minimum atomic E-state index is -0.524. The van der Waals surface area contributed by atoms with E-state index in [1.54, 1.807) is 16.7 Å². The molecular weight excluding hydrogens is 453 g/mol. The lowest BCUT2D eigenvalue weighted by molar-refractivity contribution is 0.630. The van der Waals surface area contributed by atoms with Crippen molar-refractivity contribution in [1.82, 2.24) is 24.6 Å². The molecule has 0 atom stereocenters. The SMILES string of the molecule is CN(c1cccc(-c2ccc(C3(C#N)CC3)nc2)c1)c1nc2nncn2c2cc(Cl)c(F)cc12. The second kappa shape index (κ2) is 7.47. The molecule has 0 bridgehead atoms. The molecule has 34 heavy (non-hydrogen) atoms. The third-order valence-electron chi connectivity index (χ3n) is 6.38. The molecule has 1 saturated carbocycles. The van der Waals surface area contributed by atoms with E-state index < -0.39 is 11.2 Å². The van der Waals surface area contributed by atoms with Crippen LogP contribution in [0.4, 0.5) is 15.9 Å². The van der Waals surface area contributed by atoms with Gasteiger partial charge in [-0.1, -0.05) is 29.8 Å². The summed E-state index contributed by atoms with van der Waals surface area (Å²) in [6.07, 6.45) is 5.05. The molecule has 7 nitrogen and oxygen atoms in total. The minimum Gasteiger partial charge on any atom is -0.329 e. The van der Waals surface area contributed by atoms with Crippen LogP contribution >= 0.6 is 11.6 Å². The Morgan fingerprint density at radius 2 is 2.00 bits per heavy atom. The van der Waals surface area contributed by atoms with Crippen LogP contribution < -0.4 is 4.90 Å². The Hall–Kier alpha value is -4.09. The molecule has 9 heteroatoms. The zero-order valence-electron chi connectivity index (χ0n) is 18.1. The summed E-state index contributed by atoms with van der Waals surface area (Å²) in [6, 6.07) is 17.2. The maximum absolute atomic E-state index is 14.4. The maximum Gasteiger partial charge on any atom is 0.257 e. The number of nitrogens with zero attached hydrogens (tertiary/aromatic N) is 7. The monoisotopic (exact) mass is 469 g/mol. The first-order valence-corrected chi connectivity index (χ1v) is 11.1. The Balaban J connectivity index is 1.42. The van der Waals surface area contributed by atoms with E-state index in [1.165, 1.54) is 12.4 Å². The van der Waals surface area contributed by atoms with Gasteiger partial charge in [-0.15, -0.1) is 10.2 Å². The average Bonchev–Trinajstić information content (AvgIpc) is 3.53. The van der Waals surface area contributed by atoms with Crippen LogP contribution in [0.1, 0.15) is 18.5 Å². The van der Waals surface area contributed by atoms with Gasteiger partial charge in [0.25, 0.3) is 5.78 Å². The first-order valence-electron chi connectivity index (χ1n) is 10.7. The highest BCUT2D eigenvalue weighted by Crippen LogP contribution is 2.46. The molecule has 5 aromatic rings. The standard InChI is InChI=1S/C25H17ClFN7/c1-33(23-18-10-20(27)19(26)11-21(18)34-14-30-32-24(34)31-23)17-4-2-3-15(9-17)16-5-6-22(29-12-16)25(13-28)7-8-25/h2-6,9-12,14H,7-8H2,1H3. The molecule has 0 N–H and O–H groups in total. The molecule has 2 aromatic carbocycles. The normalized spacial score (nSPS) is 14.3. The van der Waals surface area contributed by atoms with Gasteiger partial charge in [0.1, 0.15) is 18.0 Å². The second-order valence-electron chi connectivity index (χ2n) is 8.46. The van der Waals surface area contributed by atoms with Crippen molar-refractivity contribution in [2.75, 3.05) is 11.9 Å². The van der Waals surface area contributed by atoms with Gasteiger partial charge in [0.05, 0.1) is 27.7 Å². The Morgan fingerprint density at radius 1 is 1.15 bits per heavy atom. The van der Waals surface area contributed by atoms with Gasteiger partial charge in [-0.25, -0.2) is 4.39 Å². The number of rotatable bonds is 4. The predicted octanol–water partition coefficient (Wildman–Crippen LogP) is 5.46. The topological polar surface area (TPSA) is 83.0 Å². The first-order chi connectivity index (χ1) is 16.5. The van der Waals surface area contributed by atoms with Crippen molar-refractivity contribution in [3.05, 3.63) is 77.6 Å². The highest BCUT2D eigenvalue weighted by molar-refractivity contribution is 6.31. The van der Waals surface area contributed by atoms with E-state index in [-0.39, 0.29) is 5.02 Å². The van der Waals surface area contributed by atoms with Gasteiger partial charge in [-0.2, -0.15) is 10.2 Å². The number of hydrogen-bond donors (Lipinski definition) is 0. The van der Waals surface area contributed by atoms with Crippen LogP contribution in [-0.4, -0.2) is 31.6 Å². The molecule has 6 rings (SSSR count). The van der Waals surface area contributed by atoms with Gasteiger partial charge in [-0.3, -0.25) is 9.38 Å². The van der Waals surface area contributed by atoms with Gasteiger partial charge in [0.2, 0.25) is 0 Å². The summed E-state index contributed by atoms with van der Waals surface area (Å²) in [6.45, 7) is 0. The smallest absolute Gasteiger partial charge is 0.257 e. The van der Waals surface area contributed by atoms with Gasteiger partial charge < -0.3 is 4.90 Å². The average molecular weight is 470 g/mol. The van der Waals surface area contributed by atoms with E-state index in [1.807, 2.05) is 48.3 Å². The van der Waals surface area contributed by atoms with Crippen molar-refractivity contribution in [3.63, 3.8) is 0 Å². The molecule has 0 spiro atoms. The number of aromatic nitrogens is 5. The molecule has 0 amide bonds. The molecule has 0 unspecified atom stereocenters. The lowest BCUT2D eigenvalue weighted by Gasteiger charge is -2.21. The van der Waals surface area contributed by atoms with Gasteiger partial charge in [0, 0.05) is 29.9 Å². The molecule has 1 fully saturated rings. The molecule has 0 radical (unpaired) electrons. The van der Waals surface area contributed by atoms with Crippen LogP contribution in [-0.2, 0) is 5.41 Å². The number of fused-ring (bicyclic) bond motifs is 3. The lowest BCUT2D eigenvalue weighted by atomic mass is 10.0. The van der Waals surface area contributed by atoms with E-state index >= 15 is 0 Å². The molecular formula is C25H17ClFN7. The van der Waals surface area contributed by atoms with Crippen LogP contribution in [0, 0.1) is 17.1 Å². The van der Waals surface area contributed by atoms with Crippen LogP contribution in [0.2, 0.25) is 5.02 Å². The second-order valence-corrected chi connectivity index (χ2v) is 8.86. The van der Waals surface area contributed by atoms with Crippen LogP contribution in [0.3, 0.4) is 0 Å². The number of halogens is 2. The number of nitriles is 1. The zero-order valence-corrected chi connectivity index (χ0v) is 18.8. The maximum atomic E-state index is 14.4. The summed E-state index contributed by atoms with van der Waals surface area (Å²) in [5, 5.41) is 18.0. The van der Waals surface area contributed by atoms with Crippen molar-refractivity contribution in [2.45, 2.75) is 18.3 Å². The van der Waals surface area contributed by atoms with Gasteiger partial charge in [0.15, 0.2) is 0 Å². The molecule has 0 aliphatic heterocycles.